The Morgan fingerprint density at radius 2 is 2.00 bits per heavy atom. The fraction of sp³-hybridized carbons (Fsp3) is 0.438. The van der Waals surface area contributed by atoms with Gasteiger partial charge in [0.2, 0.25) is 5.91 Å². The van der Waals surface area contributed by atoms with Crippen LogP contribution in [0.15, 0.2) is 30.3 Å². The molecule has 2 nitrogen and oxygen atoms in total. The number of hydrogen-bond acceptors (Lipinski definition) is 1. The maximum Gasteiger partial charge on any atom is 0.246 e. The first kappa shape index (κ1) is 13.8. The van der Waals surface area contributed by atoms with Gasteiger partial charge in [0.15, 0.2) is 0 Å². The average Bonchev–Trinajstić information content (AvgIpc) is 2.35. The third kappa shape index (κ3) is 3.91. The van der Waals surface area contributed by atoms with E-state index in [1.54, 1.807) is 24.3 Å². The Bertz CT molecular complexity index is 473. The lowest BCUT2D eigenvalue weighted by Gasteiger charge is -2.34. The lowest BCUT2D eigenvalue weighted by Crippen LogP contribution is -2.41. The zero-order valence-electron chi connectivity index (χ0n) is 11.5. The molecule has 0 radical (unpaired) electrons. The fourth-order valence-electron chi connectivity index (χ4n) is 2.73. The summed E-state index contributed by atoms with van der Waals surface area (Å²) in [6.45, 7) is 5.98. The van der Waals surface area contributed by atoms with Crippen LogP contribution in [0.1, 0.15) is 25.8 Å². The van der Waals surface area contributed by atoms with Crippen LogP contribution in [0.4, 0.5) is 4.39 Å². The summed E-state index contributed by atoms with van der Waals surface area (Å²) in [7, 11) is 0. The number of nitrogens with zero attached hydrogens (tertiary/aromatic N) is 1. The Hall–Kier alpha value is -1.64. The van der Waals surface area contributed by atoms with E-state index in [0.29, 0.717) is 17.4 Å². The smallest absolute Gasteiger partial charge is 0.246 e. The predicted octanol–water partition coefficient (Wildman–Crippen LogP) is 3.34. The molecular formula is C16H20FNO. The summed E-state index contributed by atoms with van der Waals surface area (Å²) in [5.74, 6) is 0.836. The van der Waals surface area contributed by atoms with Crippen molar-refractivity contribution in [1.29, 1.82) is 0 Å². The average molecular weight is 261 g/mol. The fourth-order valence-corrected chi connectivity index (χ4v) is 2.73. The molecule has 1 fully saturated rings. The van der Waals surface area contributed by atoms with Crippen LogP contribution in [-0.4, -0.2) is 23.9 Å². The first-order valence-corrected chi connectivity index (χ1v) is 6.77. The Morgan fingerprint density at radius 1 is 1.32 bits per heavy atom. The maximum absolute atomic E-state index is 13.0. The van der Waals surface area contributed by atoms with Crippen molar-refractivity contribution in [2.45, 2.75) is 20.3 Å². The van der Waals surface area contributed by atoms with Gasteiger partial charge in [-0.05, 0) is 42.0 Å². The molecular weight excluding hydrogens is 241 g/mol. The number of carbonyl (C=O) groups is 1. The molecule has 0 bridgehead atoms. The highest BCUT2D eigenvalue weighted by Crippen LogP contribution is 2.21. The molecule has 2 rings (SSSR count). The van der Waals surface area contributed by atoms with Crippen LogP contribution in [0.2, 0.25) is 0 Å². The van der Waals surface area contributed by atoms with E-state index in [0.717, 1.165) is 13.1 Å². The van der Waals surface area contributed by atoms with Gasteiger partial charge in [-0.15, -0.1) is 0 Å². The van der Waals surface area contributed by atoms with E-state index in [9.17, 15) is 9.18 Å². The van der Waals surface area contributed by atoms with Crippen molar-refractivity contribution in [3.63, 3.8) is 0 Å². The first-order chi connectivity index (χ1) is 9.04. The standard InChI is InChI=1S/C16H20FNO/c1-12-8-13(2)11-18(10-12)16(19)7-6-14-4-3-5-15(17)9-14/h3-7,9,12-13H,8,10-11H2,1-2H3/b7-6+. The lowest BCUT2D eigenvalue weighted by atomic mass is 9.92. The van der Waals surface area contributed by atoms with Crippen LogP contribution >= 0.6 is 0 Å². The number of piperidine rings is 1. The van der Waals surface area contributed by atoms with Gasteiger partial charge in [0.05, 0.1) is 0 Å². The zero-order valence-corrected chi connectivity index (χ0v) is 11.5. The Balaban J connectivity index is 2.00. The summed E-state index contributed by atoms with van der Waals surface area (Å²) < 4.78 is 13.0. The highest BCUT2D eigenvalue weighted by atomic mass is 19.1. The van der Waals surface area contributed by atoms with Crippen molar-refractivity contribution in [3.8, 4) is 0 Å². The number of likely N-dealkylation sites (tertiary alicyclic amines) is 1. The minimum Gasteiger partial charge on any atom is -0.339 e. The molecule has 1 aliphatic heterocycles. The van der Waals surface area contributed by atoms with Gasteiger partial charge in [0, 0.05) is 19.2 Å². The van der Waals surface area contributed by atoms with Gasteiger partial charge in [-0.2, -0.15) is 0 Å². The van der Waals surface area contributed by atoms with Crippen molar-refractivity contribution < 1.29 is 9.18 Å². The Labute approximate surface area is 113 Å². The van der Waals surface area contributed by atoms with E-state index < -0.39 is 0 Å². The van der Waals surface area contributed by atoms with E-state index >= 15 is 0 Å². The predicted molar refractivity (Wildman–Crippen MR) is 75.0 cm³/mol. The van der Waals surface area contributed by atoms with Crippen LogP contribution in [0.25, 0.3) is 6.08 Å². The molecule has 3 heteroatoms. The van der Waals surface area contributed by atoms with Gasteiger partial charge in [0.1, 0.15) is 5.82 Å². The molecule has 1 heterocycles. The molecule has 1 saturated heterocycles. The van der Waals surface area contributed by atoms with E-state index in [2.05, 4.69) is 13.8 Å². The number of halogens is 1. The van der Waals surface area contributed by atoms with E-state index in [1.165, 1.54) is 18.6 Å². The van der Waals surface area contributed by atoms with Gasteiger partial charge in [-0.1, -0.05) is 26.0 Å². The minimum atomic E-state index is -0.283. The lowest BCUT2D eigenvalue weighted by molar-refractivity contribution is -0.128. The van der Waals surface area contributed by atoms with Crippen molar-refractivity contribution in [2.75, 3.05) is 13.1 Å². The number of amides is 1. The van der Waals surface area contributed by atoms with Crippen molar-refractivity contribution in [3.05, 3.63) is 41.7 Å². The van der Waals surface area contributed by atoms with Crippen molar-refractivity contribution >= 4 is 12.0 Å². The van der Waals surface area contributed by atoms with Gasteiger partial charge >= 0.3 is 0 Å². The number of hydrogen-bond donors (Lipinski definition) is 0. The highest BCUT2D eigenvalue weighted by Gasteiger charge is 2.23. The summed E-state index contributed by atoms with van der Waals surface area (Å²) in [6.07, 6.45) is 4.40. The van der Waals surface area contributed by atoms with Crippen LogP contribution in [0.5, 0.6) is 0 Å². The minimum absolute atomic E-state index is 0.0164. The molecule has 102 valence electrons. The SMILES string of the molecule is CC1CC(C)CN(C(=O)/C=C/c2cccc(F)c2)C1. The molecule has 0 aliphatic carbocycles. The third-order valence-electron chi connectivity index (χ3n) is 3.45. The summed E-state index contributed by atoms with van der Waals surface area (Å²) in [5.41, 5.74) is 0.714. The van der Waals surface area contributed by atoms with Crippen LogP contribution < -0.4 is 0 Å². The summed E-state index contributed by atoms with van der Waals surface area (Å²) >= 11 is 0. The molecule has 1 aliphatic rings. The molecule has 0 spiro atoms. The summed E-state index contributed by atoms with van der Waals surface area (Å²) in [5, 5.41) is 0. The van der Waals surface area contributed by atoms with Crippen LogP contribution in [0.3, 0.4) is 0 Å². The van der Waals surface area contributed by atoms with E-state index in [1.807, 2.05) is 4.90 Å². The first-order valence-electron chi connectivity index (χ1n) is 6.77. The largest absolute Gasteiger partial charge is 0.339 e. The summed E-state index contributed by atoms with van der Waals surface area (Å²) in [6, 6.07) is 6.25. The second kappa shape index (κ2) is 6.00. The maximum atomic E-state index is 13.0. The highest BCUT2D eigenvalue weighted by molar-refractivity contribution is 5.91. The van der Waals surface area contributed by atoms with Crippen LogP contribution in [0, 0.1) is 17.7 Å². The summed E-state index contributed by atoms with van der Waals surface area (Å²) in [4.78, 5) is 14.0. The van der Waals surface area contributed by atoms with Gasteiger partial charge in [-0.3, -0.25) is 4.79 Å². The van der Waals surface area contributed by atoms with E-state index in [4.69, 9.17) is 0 Å². The monoisotopic (exact) mass is 261 g/mol. The molecule has 1 aromatic rings. The van der Waals surface area contributed by atoms with Gasteiger partial charge < -0.3 is 4.90 Å². The number of benzene rings is 1. The second-order valence-corrected chi connectivity index (χ2v) is 5.58. The molecule has 0 aromatic heterocycles. The number of carbonyl (C=O) groups excluding carboxylic acids is 1. The molecule has 0 saturated carbocycles. The van der Waals surface area contributed by atoms with Gasteiger partial charge in [-0.25, -0.2) is 4.39 Å². The van der Waals surface area contributed by atoms with Crippen LogP contribution in [-0.2, 0) is 4.79 Å². The number of rotatable bonds is 2. The second-order valence-electron chi connectivity index (χ2n) is 5.58. The molecule has 2 unspecified atom stereocenters. The molecule has 1 amide bonds. The molecule has 1 aromatic carbocycles. The zero-order chi connectivity index (χ0) is 13.8. The van der Waals surface area contributed by atoms with Crippen molar-refractivity contribution in [1.82, 2.24) is 4.90 Å². The van der Waals surface area contributed by atoms with E-state index in [-0.39, 0.29) is 11.7 Å². The topological polar surface area (TPSA) is 20.3 Å². The Kier molecular flexibility index (Phi) is 4.35. The molecule has 19 heavy (non-hydrogen) atoms. The molecule has 2 atom stereocenters. The normalized spacial score (nSPS) is 23.8. The Morgan fingerprint density at radius 3 is 2.63 bits per heavy atom. The molecule has 0 N–H and O–H groups in total. The van der Waals surface area contributed by atoms with Crippen molar-refractivity contribution in [2.24, 2.45) is 11.8 Å². The quantitative estimate of drug-likeness (QED) is 0.748. The third-order valence-corrected chi connectivity index (χ3v) is 3.45. The van der Waals surface area contributed by atoms with Gasteiger partial charge in [0.25, 0.3) is 0 Å².